The van der Waals surface area contributed by atoms with E-state index in [0.717, 1.165) is 37.4 Å². The molecular formula is C18H20N4OS. The Bertz CT molecular complexity index is 899. The topological polar surface area (TPSA) is 41.4 Å². The number of rotatable bonds is 2. The number of nitrogens with zero attached hydrogens (tertiary/aromatic N) is 4. The van der Waals surface area contributed by atoms with E-state index in [2.05, 4.69) is 34.0 Å². The van der Waals surface area contributed by atoms with Crippen LogP contribution in [0.4, 0.5) is 5.69 Å². The largest absolute Gasteiger partial charge is 0.370 e. The smallest absolute Gasteiger partial charge is 0.275 e. The van der Waals surface area contributed by atoms with E-state index in [0.29, 0.717) is 4.70 Å². The van der Waals surface area contributed by atoms with Crippen LogP contribution in [0.2, 0.25) is 0 Å². The predicted molar refractivity (Wildman–Crippen MR) is 99.5 cm³/mol. The highest BCUT2D eigenvalue weighted by Crippen LogP contribution is 2.20. The summed E-state index contributed by atoms with van der Waals surface area (Å²) in [5, 5.41) is 1.91. The van der Waals surface area contributed by atoms with Gasteiger partial charge in [0.2, 0.25) is 0 Å². The van der Waals surface area contributed by atoms with E-state index in [9.17, 15) is 4.79 Å². The minimum Gasteiger partial charge on any atom is -0.370 e. The maximum Gasteiger partial charge on any atom is 0.275 e. The van der Waals surface area contributed by atoms with Gasteiger partial charge in [-0.1, -0.05) is 0 Å². The normalized spacial score (nSPS) is 16.5. The first-order valence-corrected chi connectivity index (χ1v) is 9.09. The zero-order chi connectivity index (χ0) is 16.5. The van der Waals surface area contributed by atoms with Gasteiger partial charge in [-0.05, 0) is 55.7 Å². The van der Waals surface area contributed by atoms with Gasteiger partial charge in [0, 0.05) is 25.3 Å². The lowest BCUT2D eigenvalue weighted by molar-refractivity contribution is 0.360. The molecule has 1 aliphatic heterocycles. The van der Waals surface area contributed by atoms with Crippen LogP contribution in [0.15, 0.2) is 46.8 Å². The molecule has 124 valence electrons. The summed E-state index contributed by atoms with van der Waals surface area (Å²) in [7, 11) is 2.17. The van der Waals surface area contributed by atoms with E-state index in [1.807, 2.05) is 23.6 Å². The molecule has 24 heavy (non-hydrogen) atoms. The molecule has 4 rings (SSSR count). The highest BCUT2D eigenvalue weighted by Gasteiger charge is 2.13. The number of anilines is 1. The van der Waals surface area contributed by atoms with E-state index in [1.54, 1.807) is 10.9 Å². The van der Waals surface area contributed by atoms with E-state index in [1.165, 1.54) is 23.4 Å². The zero-order valence-electron chi connectivity index (χ0n) is 13.7. The molecule has 0 bridgehead atoms. The molecule has 0 radical (unpaired) electrons. The molecule has 0 amide bonds. The Morgan fingerprint density at radius 2 is 1.79 bits per heavy atom. The zero-order valence-corrected chi connectivity index (χ0v) is 14.5. The van der Waals surface area contributed by atoms with E-state index in [4.69, 9.17) is 0 Å². The molecule has 0 saturated carbocycles. The fourth-order valence-corrected chi connectivity index (χ4v) is 3.93. The van der Waals surface area contributed by atoms with Crippen molar-refractivity contribution in [2.75, 3.05) is 38.1 Å². The number of fused-ring (bicyclic) bond motifs is 1. The Morgan fingerprint density at radius 1 is 1.00 bits per heavy atom. The molecule has 1 aromatic carbocycles. The maximum absolute atomic E-state index is 12.6. The number of likely N-dealkylation sites (N-methyl/N-ethyl adjacent to an activating group) is 1. The van der Waals surface area contributed by atoms with Crippen molar-refractivity contribution in [2.24, 2.45) is 0 Å². The molecule has 3 heterocycles. The summed E-state index contributed by atoms with van der Waals surface area (Å²) in [6.07, 6.45) is 2.80. The Labute approximate surface area is 144 Å². The fraction of sp³-hybridized carbons (Fsp3) is 0.333. The lowest BCUT2D eigenvalue weighted by Crippen LogP contribution is -2.28. The Balaban J connectivity index is 1.63. The van der Waals surface area contributed by atoms with Crippen LogP contribution in [0.5, 0.6) is 0 Å². The van der Waals surface area contributed by atoms with Crippen LogP contribution >= 0.6 is 11.3 Å². The Kier molecular flexibility index (Phi) is 4.08. The summed E-state index contributed by atoms with van der Waals surface area (Å²) in [5.41, 5.74) is 2.84. The quantitative estimate of drug-likeness (QED) is 0.719. The molecule has 0 spiro atoms. The molecule has 6 heteroatoms. The molecule has 1 saturated heterocycles. The molecule has 5 nitrogen and oxygen atoms in total. The predicted octanol–water partition coefficient (Wildman–Crippen LogP) is 2.59. The molecule has 0 unspecified atom stereocenters. The molecule has 3 aromatic rings. The van der Waals surface area contributed by atoms with Crippen LogP contribution in [0.25, 0.3) is 15.9 Å². The second-order valence-corrected chi connectivity index (χ2v) is 7.13. The van der Waals surface area contributed by atoms with Crippen molar-refractivity contribution in [1.82, 2.24) is 14.5 Å². The third-order valence-corrected chi connectivity index (χ3v) is 5.47. The third-order valence-electron chi connectivity index (χ3n) is 4.58. The second kappa shape index (κ2) is 6.37. The Hall–Kier alpha value is -2.18. The van der Waals surface area contributed by atoms with Crippen molar-refractivity contribution in [3.63, 3.8) is 0 Å². The summed E-state index contributed by atoms with van der Waals surface area (Å²) in [4.78, 5) is 21.7. The standard InChI is InChI=1S/C18H20N4OS/c1-20-8-2-9-21(11-10-20)14-3-5-15(6-4-14)22-13-19-16-7-12-24-17(16)18(22)23/h3-7,12-13H,2,8-11H2,1H3. The number of benzene rings is 1. The SMILES string of the molecule is CN1CCCN(c2ccc(-n3cnc4ccsc4c3=O)cc2)CC1. The highest BCUT2D eigenvalue weighted by atomic mass is 32.1. The van der Waals surface area contributed by atoms with Gasteiger partial charge in [-0.2, -0.15) is 0 Å². The van der Waals surface area contributed by atoms with Crippen LogP contribution in [0, 0.1) is 0 Å². The van der Waals surface area contributed by atoms with Crippen LogP contribution < -0.4 is 10.5 Å². The first kappa shape index (κ1) is 15.4. The summed E-state index contributed by atoms with van der Waals surface area (Å²) in [5.74, 6) is 0. The van der Waals surface area contributed by atoms with Gasteiger partial charge in [0.1, 0.15) is 11.0 Å². The van der Waals surface area contributed by atoms with Crippen LogP contribution in [0.1, 0.15) is 6.42 Å². The van der Waals surface area contributed by atoms with Gasteiger partial charge >= 0.3 is 0 Å². The number of thiophene rings is 1. The van der Waals surface area contributed by atoms with Gasteiger partial charge < -0.3 is 9.80 Å². The van der Waals surface area contributed by atoms with Crippen LogP contribution in [-0.4, -0.2) is 47.7 Å². The molecule has 2 aromatic heterocycles. The average molecular weight is 340 g/mol. The molecular weight excluding hydrogens is 320 g/mol. The molecule has 0 atom stereocenters. The van der Waals surface area contributed by atoms with Crippen LogP contribution in [0.3, 0.4) is 0 Å². The number of aromatic nitrogens is 2. The number of hydrogen-bond acceptors (Lipinski definition) is 5. The third kappa shape index (κ3) is 2.83. The van der Waals surface area contributed by atoms with E-state index >= 15 is 0 Å². The monoisotopic (exact) mass is 340 g/mol. The van der Waals surface area contributed by atoms with E-state index < -0.39 is 0 Å². The van der Waals surface area contributed by atoms with Gasteiger partial charge in [-0.15, -0.1) is 11.3 Å². The van der Waals surface area contributed by atoms with Gasteiger partial charge in [0.15, 0.2) is 0 Å². The minimum atomic E-state index is -0.000790. The van der Waals surface area contributed by atoms with Crippen molar-refractivity contribution < 1.29 is 0 Å². The Morgan fingerprint density at radius 3 is 2.62 bits per heavy atom. The maximum atomic E-state index is 12.6. The van der Waals surface area contributed by atoms with Crippen molar-refractivity contribution in [3.05, 3.63) is 52.4 Å². The summed E-state index contributed by atoms with van der Waals surface area (Å²) >= 11 is 1.44. The van der Waals surface area contributed by atoms with Crippen molar-refractivity contribution in [2.45, 2.75) is 6.42 Å². The first-order chi connectivity index (χ1) is 11.7. The number of hydrogen-bond donors (Lipinski definition) is 0. The van der Waals surface area contributed by atoms with Gasteiger partial charge in [-0.3, -0.25) is 9.36 Å². The first-order valence-electron chi connectivity index (χ1n) is 8.21. The molecule has 1 aliphatic rings. The highest BCUT2D eigenvalue weighted by molar-refractivity contribution is 7.17. The summed E-state index contributed by atoms with van der Waals surface area (Å²) in [6.45, 7) is 4.35. The molecule has 0 aliphatic carbocycles. The van der Waals surface area contributed by atoms with Crippen molar-refractivity contribution in [3.8, 4) is 5.69 Å². The lowest BCUT2D eigenvalue weighted by Gasteiger charge is -2.23. The summed E-state index contributed by atoms with van der Waals surface area (Å²) in [6, 6.07) is 10.1. The van der Waals surface area contributed by atoms with Crippen molar-refractivity contribution in [1.29, 1.82) is 0 Å². The van der Waals surface area contributed by atoms with Gasteiger partial charge in [0.05, 0.1) is 11.2 Å². The van der Waals surface area contributed by atoms with Gasteiger partial charge in [0.25, 0.3) is 5.56 Å². The second-order valence-electron chi connectivity index (χ2n) is 6.21. The average Bonchev–Trinajstić information content (AvgIpc) is 2.98. The van der Waals surface area contributed by atoms with Crippen LogP contribution in [-0.2, 0) is 0 Å². The minimum absolute atomic E-state index is 0.000790. The summed E-state index contributed by atoms with van der Waals surface area (Å²) < 4.78 is 2.33. The molecule has 0 N–H and O–H groups in total. The fourth-order valence-electron chi connectivity index (χ4n) is 3.16. The molecule has 1 fully saturated rings. The van der Waals surface area contributed by atoms with E-state index in [-0.39, 0.29) is 5.56 Å². The lowest BCUT2D eigenvalue weighted by atomic mass is 10.2. The van der Waals surface area contributed by atoms with Crippen molar-refractivity contribution >= 4 is 27.2 Å². The van der Waals surface area contributed by atoms with Gasteiger partial charge in [-0.25, -0.2) is 4.98 Å².